The zero-order valence-electron chi connectivity index (χ0n) is 12.8. The van der Waals surface area contributed by atoms with Crippen LogP contribution in [0.15, 0.2) is 11.2 Å². The average molecular weight is 308 g/mol. The zero-order chi connectivity index (χ0) is 14.7. The second-order valence-electron chi connectivity index (χ2n) is 5.68. The summed E-state index contributed by atoms with van der Waals surface area (Å²) in [7, 11) is 1.82. The number of thiazole rings is 1. The molecule has 2 bridgehead atoms. The number of aromatic nitrogens is 1. The summed E-state index contributed by atoms with van der Waals surface area (Å²) in [5.41, 5.74) is 0. The van der Waals surface area contributed by atoms with Gasteiger partial charge in [-0.15, -0.1) is 11.3 Å². The molecule has 2 N–H and O–H groups in total. The number of fused-ring (bicyclic) bond motifs is 2. The molecule has 3 rings (SSSR count). The Hall–Kier alpha value is -1.14. The molecule has 116 valence electrons. The summed E-state index contributed by atoms with van der Waals surface area (Å²) in [6.07, 6.45) is 8.35. The predicted molar refractivity (Wildman–Crippen MR) is 86.0 cm³/mol. The van der Waals surface area contributed by atoms with Gasteiger partial charge in [-0.1, -0.05) is 6.92 Å². The molecule has 3 atom stereocenters. The van der Waals surface area contributed by atoms with Crippen molar-refractivity contribution in [2.45, 2.75) is 57.3 Å². The fourth-order valence-electron chi connectivity index (χ4n) is 3.07. The molecule has 3 heterocycles. The molecule has 0 saturated carbocycles. The first-order chi connectivity index (χ1) is 10.3. The van der Waals surface area contributed by atoms with Gasteiger partial charge in [0.1, 0.15) is 0 Å². The van der Waals surface area contributed by atoms with Gasteiger partial charge in [0.05, 0.1) is 23.3 Å². The molecule has 21 heavy (non-hydrogen) atoms. The number of aryl methyl sites for hydroxylation is 1. The van der Waals surface area contributed by atoms with E-state index in [1.54, 1.807) is 11.3 Å². The Morgan fingerprint density at radius 3 is 3.05 bits per heavy atom. The summed E-state index contributed by atoms with van der Waals surface area (Å²) in [5.74, 6) is 0.878. The molecule has 2 aliphatic heterocycles. The first-order valence-corrected chi connectivity index (χ1v) is 8.66. The number of nitrogens with zero attached hydrogens (tertiary/aromatic N) is 2. The van der Waals surface area contributed by atoms with Crippen LogP contribution < -0.4 is 10.6 Å². The van der Waals surface area contributed by atoms with Crippen molar-refractivity contribution in [3.63, 3.8) is 0 Å². The SMILES string of the molecule is CCc1cnc(CCNC(=NC)NC2CC3CCC2O3)s1. The first kappa shape index (κ1) is 14.8. The van der Waals surface area contributed by atoms with Crippen molar-refractivity contribution in [3.8, 4) is 0 Å². The van der Waals surface area contributed by atoms with Crippen molar-refractivity contribution in [3.05, 3.63) is 16.1 Å². The molecule has 5 nitrogen and oxygen atoms in total. The molecule has 6 heteroatoms. The van der Waals surface area contributed by atoms with Gasteiger partial charge in [0.2, 0.25) is 0 Å². The first-order valence-electron chi connectivity index (χ1n) is 7.84. The highest BCUT2D eigenvalue weighted by atomic mass is 32.1. The van der Waals surface area contributed by atoms with E-state index in [9.17, 15) is 0 Å². The third-order valence-corrected chi connectivity index (χ3v) is 5.43. The highest BCUT2D eigenvalue weighted by molar-refractivity contribution is 7.11. The summed E-state index contributed by atoms with van der Waals surface area (Å²) >= 11 is 1.80. The zero-order valence-corrected chi connectivity index (χ0v) is 13.6. The molecule has 2 fully saturated rings. The van der Waals surface area contributed by atoms with Crippen molar-refractivity contribution in [2.24, 2.45) is 4.99 Å². The molecule has 0 spiro atoms. The summed E-state index contributed by atoms with van der Waals surface area (Å²) in [6.45, 7) is 3.02. The van der Waals surface area contributed by atoms with E-state index >= 15 is 0 Å². The minimum absolute atomic E-state index is 0.375. The Balaban J connectivity index is 1.42. The van der Waals surface area contributed by atoms with E-state index < -0.39 is 0 Å². The monoisotopic (exact) mass is 308 g/mol. The second-order valence-corrected chi connectivity index (χ2v) is 6.88. The molecule has 0 radical (unpaired) electrons. The number of hydrogen-bond acceptors (Lipinski definition) is 4. The van der Waals surface area contributed by atoms with E-state index in [0.29, 0.717) is 18.2 Å². The Labute approximate surface area is 130 Å². The summed E-state index contributed by atoms with van der Waals surface area (Å²) in [5, 5.41) is 8.07. The largest absolute Gasteiger partial charge is 0.373 e. The molecule has 0 amide bonds. The number of hydrogen-bond donors (Lipinski definition) is 2. The van der Waals surface area contributed by atoms with Gasteiger partial charge < -0.3 is 15.4 Å². The van der Waals surface area contributed by atoms with E-state index in [1.165, 1.54) is 22.7 Å². The molecule has 0 aromatic carbocycles. The lowest BCUT2D eigenvalue weighted by atomic mass is 9.96. The molecule has 1 aromatic rings. The van der Waals surface area contributed by atoms with Gasteiger partial charge in [-0.05, 0) is 25.7 Å². The van der Waals surface area contributed by atoms with Crippen molar-refractivity contribution >= 4 is 17.3 Å². The Kier molecular flexibility index (Phi) is 4.75. The van der Waals surface area contributed by atoms with E-state index in [-0.39, 0.29) is 0 Å². The van der Waals surface area contributed by atoms with Gasteiger partial charge in [-0.25, -0.2) is 4.98 Å². The lowest BCUT2D eigenvalue weighted by Gasteiger charge is -2.22. The fraction of sp³-hybridized carbons (Fsp3) is 0.733. The van der Waals surface area contributed by atoms with Crippen LogP contribution in [0.25, 0.3) is 0 Å². The van der Waals surface area contributed by atoms with Crippen LogP contribution in [0.2, 0.25) is 0 Å². The van der Waals surface area contributed by atoms with Crippen molar-refractivity contribution in [1.82, 2.24) is 15.6 Å². The van der Waals surface area contributed by atoms with Crippen LogP contribution in [0.4, 0.5) is 0 Å². The van der Waals surface area contributed by atoms with E-state index in [1.807, 2.05) is 13.2 Å². The van der Waals surface area contributed by atoms with Gasteiger partial charge in [0.15, 0.2) is 5.96 Å². The number of guanidine groups is 1. The Morgan fingerprint density at radius 2 is 2.43 bits per heavy atom. The van der Waals surface area contributed by atoms with Gasteiger partial charge in [0.25, 0.3) is 0 Å². The third kappa shape index (κ3) is 3.55. The van der Waals surface area contributed by atoms with Crippen molar-refractivity contribution in [1.29, 1.82) is 0 Å². The van der Waals surface area contributed by atoms with E-state index in [4.69, 9.17) is 4.74 Å². The van der Waals surface area contributed by atoms with Crippen molar-refractivity contribution in [2.75, 3.05) is 13.6 Å². The van der Waals surface area contributed by atoms with Crippen LogP contribution in [0, 0.1) is 0 Å². The van der Waals surface area contributed by atoms with E-state index in [2.05, 4.69) is 27.5 Å². The molecule has 2 saturated heterocycles. The van der Waals surface area contributed by atoms with Gasteiger partial charge in [0, 0.05) is 31.1 Å². The highest BCUT2D eigenvalue weighted by Gasteiger charge is 2.41. The van der Waals surface area contributed by atoms with Crippen LogP contribution in [0.5, 0.6) is 0 Å². The molecular weight excluding hydrogens is 284 g/mol. The average Bonchev–Trinajstić information content (AvgIpc) is 3.22. The fourth-order valence-corrected chi connectivity index (χ4v) is 3.94. The highest BCUT2D eigenvalue weighted by Crippen LogP contribution is 2.34. The Bertz CT molecular complexity index is 502. The second kappa shape index (κ2) is 6.75. The van der Waals surface area contributed by atoms with E-state index in [0.717, 1.165) is 31.8 Å². The van der Waals surface area contributed by atoms with Crippen LogP contribution >= 0.6 is 11.3 Å². The standard InChI is InChI=1S/C15H24N4OS/c1-3-11-9-18-14(21-11)6-7-17-15(16-2)19-12-8-10-4-5-13(12)20-10/h9-10,12-13H,3-8H2,1-2H3,(H2,16,17,19). The molecule has 0 aliphatic carbocycles. The Morgan fingerprint density at radius 1 is 1.52 bits per heavy atom. The maximum atomic E-state index is 5.87. The summed E-state index contributed by atoms with van der Waals surface area (Å²) in [6, 6.07) is 0.418. The topological polar surface area (TPSA) is 58.5 Å². The van der Waals surface area contributed by atoms with Crippen LogP contribution in [-0.4, -0.2) is 42.8 Å². The lowest BCUT2D eigenvalue weighted by Crippen LogP contribution is -2.47. The van der Waals surface area contributed by atoms with Gasteiger partial charge in [-0.2, -0.15) is 0 Å². The van der Waals surface area contributed by atoms with Crippen molar-refractivity contribution < 1.29 is 4.74 Å². The molecule has 3 unspecified atom stereocenters. The number of ether oxygens (including phenoxy) is 1. The number of rotatable bonds is 5. The predicted octanol–water partition coefficient (Wildman–Crippen LogP) is 1.73. The molecular formula is C15H24N4OS. The maximum Gasteiger partial charge on any atom is 0.191 e. The smallest absolute Gasteiger partial charge is 0.191 e. The normalized spacial score (nSPS) is 28.1. The number of aliphatic imine (C=N–C) groups is 1. The maximum absolute atomic E-state index is 5.87. The minimum Gasteiger partial charge on any atom is -0.373 e. The lowest BCUT2D eigenvalue weighted by molar-refractivity contribution is 0.0992. The summed E-state index contributed by atoms with van der Waals surface area (Å²) < 4.78 is 5.87. The quantitative estimate of drug-likeness (QED) is 0.642. The summed E-state index contributed by atoms with van der Waals surface area (Å²) in [4.78, 5) is 10.1. The van der Waals surface area contributed by atoms with Gasteiger partial charge in [-0.3, -0.25) is 4.99 Å². The van der Waals surface area contributed by atoms with Gasteiger partial charge >= 0.3 is 0 Å². The molecule has 2 aliphatic rings. The third-order valence-electron chi connectivity index (χ3n) is 4.23. The van der Waals surface area contributed by atoms with Crippen LogP contribution in [0.3, 0.4) is 0 Å². The van der Waals surface area contributed by atoms with Crippen LogP contribution in [-0.2, 0) is 17.6 Å². The van der Waals surface area contributed by atoms with Crippen LogP contribution in [0.1, 0.15) is 36.1 Å². The minimum atomic E-state index is 0.375. The molecule has 1 aromatic heterocycles. The number of nitrogens with one attached hydrogen (secondary N) is 2.